The minimum absolute atomic E-state index is 0.0628. The van der Waals surface area contributed by atoms with Crippen LogP contribution in [0.1, 0.15) is 44.2 Å². The van der Waals surface area contributed by atoms with Crippen molar-refractivity contribution in [2.24, 2.45) is 0 Å². The van der Waals surface area contributed by atoms with E-state index in [2.05, 4.69) is 32.9 Å². The Kier molecular flexibility index (Phi) is 5.63. The van der Waals surface area contributed by atoms with Gasteiger partial charge >= 0.3 is 5.97 Å². The lowest BCUT2D eigenvalue weighted by atomic mass is 10.1. The molecule has 0 atom stereocenters. The summed E-state index contributed by atoms with van der Waals surface area (Å²) >= 11 is 0. The lowest BCUT2D eigenvalue weighted by molar-refractivity contribution is 0.0665. The fraction of sp³-hybridized carbons (Fsp3) is 0.316. The van der Waals surface area contributed by atoms with Gasteiger partial charge in [-0.25, -0.2) is 4.79 Å². The van der Waals surface area contributed by atoms with E-state index in [1.165, 1.54) is 17.2 Å². The molecule has 0 amide bonds. The van der Waals surface area contributed by atoms with Crippen molar-refractivity contribution in [2.75, 3.05) is 6.61 Å². The molecule has 0 aliphatic carbocycles. The molecule has 4 heteroatoms. The van der Waals surface area contributed by atoms with Crippen LogP contribution in [-0.2, 0) is 0 Å². The van der Waals surface area contributed by atoms with E-state index < -0.39 is 5.97 Å². The molecule has 1 aromatic carbocycles. The van der Waals surface area contributed by atoms with E-state index in [0.29, 0.717) is 17.9 Å². The lowest BCUT2D eigenvalue weighted by Gasteiger charge is -2.04. The second-order valence-electron chi connectivity index (χ2n) is 5.80. The zero-order valence-electron chi connectivity index (χ0n) is 13.8. The highest BCUT2D eigenvalue weighted by Crippen LogP contribution is 2.24. The number of hydrogen-bond acceptors (Lipinski definition) is 3. The molecule has 0 saturated carbocycles. The summed E-state index contributed by atoms with van der Waals surface area (Å²) in [5.41, 5.74) is 3.14. The highest BCUT2D eigenvalue weighted by Gasteiger charge is 2.10. The maximum Gasteiger partial charge on any atom is 0.371 e. The van der Waals surface area contributed by atoms with Gasteiger partial charge in [0.15, 0.2) is 0 Å². The molecule has 2 rings (SSSR count). The third kappa shape index (κ3) is 5.02. The van der Waals surface area contributed by atoms with Gasteiger partial charge in [-0.3, -0.25) is 0 Å². The Morgan fingerprint density at radius 3 is 2.70 bits per heavy atom. The van der Waals surface area contributed by atoms with Crippen LogP contribution in [0.15, 0.2) is 52.0 Å². The van der Waals surface area contributed by atoms with E-state index in [1.807, 2.05) is 6.07 Å². The number of carboxylic acid groups (broad SMARTS) is 1. The van der Waals surface area contributed by atoms with Gasteiger partial charge in [0.2, 0.25) is 5.76 Å². The topological polar surface area (TPSA) is 59.7 Å². The molecule has 1 heterocycles. The van der Waals surface area contributed by atoms with Gasteiger partial charge in [-0.2, -0.15) is 0 Å². The van der Waals surface area contributed by atoms with E-state index in [-0.39, 0.29) is 5.76 Å². The molecule has 1 aromatic heterocycles. The lowest BCUT2D eigenvalue weighted by Crippen LogP contribution is -1.94. The molecule has 122 valence electrons. The van der Waals surface area contributed by atoms with E-state index in [0.717, 1.165) is 18.2 Å². The third-order valence-corrected chi connectivity index (χ3v) is 3.48. The first kappa shape index (κ1) is 16.9. The van der Waals surface area contributed by atoms with Crippen molar-refractivity contribution in [3.05, 3.63) is 53.3 Å². The molecule has 0 saturated heterocycles. The second kappa shape index (κ2) is 7.68. The van der Waals surface area contributed by atoms with Crippen molar-refractivity contribution in [3.8, 4) is 5.75 Å². The highest BCUT2D eigenvalue weighted by atomic mass is 16.5. The van der Waals surface area contributed by atoms with Gasteiger partial charge in [-0.05, 0) is 57.9 Å². The van der Waals surface area contributed by atoms with Crippen molar-refractivity contribution in [2.45, 2.75) is 33.6 Å². The fourth-order valence-electron chi connectivity index (χ4n) is 2.18. The average Bonchev–Trinajstić information content (AvgIpc) is 2.90. The van der Waals surface area contributed by atoms with Crippen molar-refractivity contribution in [1.29, 1.82) is 0 Å². The summed E-state index contributed by atoms with van der Waals surface area (Å²) in [4.78, 5) is 10.9. The molecule has 0 unspecified atom stereocenters. The monoisotopic (exact) mass is 314 g/mol. The molecule has 0 aliphatic heterocycles. The third-order valence-electron chi connectivity index (χ3n) is 3.48. The summed E-state index contributed by atoms with van der Waals surface area (Å²) in [5, 5.41) is 9.68. The minimum Gasteiger partial charge on any atom is -0.489 e. The van der Waals surface area contributed by atoms with Gasteiger partial charge in [-0.1, -0.05) is 17.2 Å². The molecule has 0 bridgehead atoms. The van der Waals surface area contributed by atoms with Crippen LogP contribution in [0.5, 0.6) is 5.75 Å². The molecule has 1 N–H and O–H groups in total. The van der Waals surface area contributed by atoms with Crippen LogP contribution in [0.3, 0.4) is 0 Å². The molecular formula is C19H22O4. The SMILES string of the molecule is CC(C)=CCC/C(C)=C/COc1ccc2cc(C(=O)O)oc2c1. The van der Waals surface area contributed by atoms with Crippen LogP contribution in [0.2, 0.25) is 0 Å². The van der Waals surface area contributed by atoms with E-state index in [1.54, 1.807) is 12.1 Å². The number of fused-ring (bicyclic) bond motifs is 1. The molecule has 0 aliphatic rings. The number of rotatable bonds is 7. The Morgan fingerprint density at radius 1 is 1.22 bits per heavy atom. The molecule has 0 spiro atoms. The normalized spacial score (nSPS) is 11.5. The quantitative estimate of drug-likeness (QED) is 0.713. The predicted octanol–water partition coefficient (Wildman–Crippen LogP) is 5.20. The number of ether oxygens (including phenoxy) is 1. The van der Waals surface area contributed by atoms with Gasteiger partial charge in [0.25, 0.3) is 0 Å². The second-order valence-corrected chi connectivity index (χ2v) is 5.80. The van der Waals surface area contributed by atoms with Crippen molar-refractivity contribution >= 4 is 16.9 Å². The minimum atomic E-state index is -1.07. The molecule has 4 nitrogen and oxygen atoms in total. The van der Waals surface area contributed by atoms with E-state index in [9.17, 15) is 4.79 Å². The van der Waals surface area contributed by atoms with Gasteiger partial charge in [0.1, 0.15) is 17.9 Å². The molecule has 23 heavy (non-hydrogen) atoms. The van der Waals surface area contributed by atoms with Gasteiger partial charge in [0.05, 0.1) is 0 Å². The predicted molar refractivity (Wildman–Crippen MR) is 91.1 cm³/mol. The summed E-state index contributed by atoms with van der Waals surface area (Å²) in [5.74, 6) is -0.470. The summed E-state index contributed by atoms with van der Waals surface area (Å²) in [6.45, 7) is 6.78. The Labute approximate surface area is 136 Å². The largest absolute Gasteiger partial charge is 0.489 e. The van der Waals surface area contributed by atoms with Crippen LogP contribution in [0, 0.1) is 0 Å². The Bertz CT molecular complexity index is 746. The number of allylic oxidation sites excluding steroid dienone is 3. The fourth-order valence-corrected chi connectivity index (χ4v) is 2.18. The van der Waals surface area contributed by atoms with E-state index in [4.69, 9.17) is 14.3 Å². The van der Waals surface area contributed by atoms with Gasteiger partial charge in [0, 0.05) is 11.5 Å². The smallest absolute Gasteiger partial charge is 0.371 e. The van der Waals surface area contributed by atoms with Crippen LogP contribution in [0.25, 0.3) is 11.0 Å². The van der Waals surface area contributed by atoms with E-state index >= 15 is 0 Å². The van der Waals surface area contributed by atoms with Crippen LogP contribution in [0.4, 0.5) is 0 Å². The summed E-state index contributed by atoms with van der Waals surface area (Å²) in [7, 11) is 0. The number of hydrogen-bond donors (Lipinski definition) is 1. The summed E-state index contributed by atoms with van der Waals surface area (Å²) in [6, 6.07) is 6.84. The standard InChI is InChI=1S/C19H22O4/c1-13(2)5-4-6-14(3)9-10-22-16-8-7-15-11-18(19(20)21)23-17(15)12-16/h5,7-9,11-12H,4,6,10H2,1-3H3,(H,20,21)/b14-9+. The highest BCUT2D eigenvalue weighted by molar-refractivity contribution is 5.91. The first-order chi connectivity index (χ1) is 11.0. The van der Waals surface area contributed by atoms with Crippen LogP contribution < -0.4 is 4.74 Å². The van der Waals surface area contributed by atoms with Crippen LogP contribution >= 0.6 is 0 Å². The van der Waals surface area contributed by atoms with Crippen molar-refractivity contribution < 1.29 is 19.1 Å². The van der Waals surface area contributed by atoms with Crippen LogP contribution in [-0.4, -0.2) is 17.7 Å². The Hall–Kier alpha value is -2.49. The first-order valence-electron chi connectivity index (χ1n) is 7.64. The maximum atomic E-state index is 10.9. The number of furan rings is 1. The summed E-state index contributed by atoms with van der Waals surface area (Å²) < 4.78 is 11.0. The molecule has 0 fully saturated rings. The molecular weight excluding hydrogens is 292 g/mol. The number of carbonyl (C=O) groups is 1. The number of aromatic carboxylic acids is 1. The van der Waals surface area contributed by atoms with Crippen molar-refractivity contribution in [3.63, 3.8) is 0 Å². The zero-order valence-corrected chi connectivity index (χ0v) is 13.8. The molecule has 0 radical (unpaired) electrons. The summed E-state index contributed by atoms with van der Waals surface area (Å²) in [6.07, 6.45) is 6.35. The maximum absolute atomic E-state index is 10.9. The van der Waals surface area contributed by atoms with Gasteiger partial charge < -0.3 is 14.3 Å². The van der Waals surface area contributed by atoms with Gasteiger partial charge in [-0.15, -0.1) is 0 Å². The average molecular weight is 314 g/mol. The molecule has 2 aromatic rings. The number of benzene rings is 1. The Balaban J connectivity index is 1.94. The number of carboxylic acids is 1. The van der Waals surface area contributed by atoms with Crippen molar-refractivity contribution in [1.82, 2.24) is 0 Å². The first-order valence-corrected chi connectivity index (χ1v) is 7.64. The Morgan fingerprint density at radius 2 is 2.00 bits per heavy atom. The zero-order chi connectivity index (χ0) is 16.8.